The molecule has 0 spiro atoms. The van der Waals surface area contributed by atoms with Crippen molar-refractivity contribution in [1.29, 1.82) is 0 Å². The topological polar surface area (TPSA) is 42.7 Å². The number of hydrogen-bond acceptors (Lipinski definition) is 3. The highest BCUT2D eigenvalue weighted by atomic mass is 35.5. The fourth-order valence-corrected chi connectivity index (χ4v) is 3.24. The predicted molar refractivity (Wildman–Crippen MR) is 104 cm³/mol. The highest BCUT2D eigenvalue weighted by Gasteiger charge is 2.36. The van der Waals surface area contributed by atoms with E-state index in [4.69, 9.17) is 22.9 Å². The van der Waals surface area contributed by atoms with Crippen molar-refractivity contribution >= 4 is 17.6 Å². The zero-order valence-corrected chi connectivity index (χ0v) is 17.0. The van der Waals surface area contributed by atoms with Gasteiger partial charge in [0.2, 0.25) is 0 Å². The summed E-state index contributed by atoms with van der Waals surface area (Å²) in [5, 5.41) is 3.25. The van der Waals surface area contributed by atoms with Crippen molar-refractivity contribution < 1.29 is 13.9 Å². The minimum absolute atomic E-state index is 0.0341. The smallest absolute Gasteiger partial charge is 0.335 e. The number of halogens is 2. The molecule has 1 heterocycles. The number of rotatable bonds is 4. The second-order valence-corrected chi connectivity index (χ2v) is 8.24. The third-order valence-electron chi connectivity index (χ3n) is 4.42. The summed E-state index contributed by atoms with van der Waals surface area (Å²) in [4.78, 5) is 16.5. The van der Waals surface area contributed by atoms with Crippen LogP contribution in [0, 0.1) is 17.8 Å². The van der Waals surface area contributed by atoms with Crippen LogP contribution in [0.1, 0.15) is 52.5 Å². The molecule has 1 atom stereocenters. The summed E-state index contributed by atoms with van der Waals surface area (Å²) in [7, 11) is 0. The third kappa shape index (κ3) is 4.90. The van der Waals surface area contributed by atoms with Gasteiger partial charge in [0.15, 0.2) is 5.70 Å². The summed E-state index contributed by atoms with van der Waals surface area (Å²) >= 11 is 6.25. The van der Waals surface area contributed by atoms with Crippen molar-refractivity contribution in [3.05, 3.63) is 68.7 Å². The van der Waals surface area contributed by atoms with Gasteiger partial charge in [-0.05, 0) is 43.4 Å². The number of esters is 1. The maximum Gasteiger partial charge on any atom is 0.335 e. The van der Waals surface area contributed by atoms with Crippen LogP contribution in [-0.2, 0) is 9.53 Å². The number of nitrogens with zero attached hydrogens (tertiary/aromatic N) is 1. The van der Waals surface area contributed by atoms with Crippen molar-refractivity contribution in [2.45, 2.75) is 47.0 Å². The fraction of sp³-hybridized carbons (Fsp3) is 0.429. The van der Waals surface area contributed by atoms with E-state index in [9.17, 15) is 9.18 Å². The highest BCUT2D eigenvalue weighted by molar-refractivity contribution is 6.31. The number of dihydropyridines is 1. The van der Waals surface area contributed by atoms with Crippen molar-refractivity contribution in [1.82, 2.24) is 5.32 Å². The van der Waals surface area contributed by atoms with Crippen molar-refractivity contribution in [3.8, 4) is 0 Å². The highest BCUT2D eigenvalue weighted by Crippen LogP contribution is 2.42. The lowest BCUT2D eigenvalue weighted by atomic mass is 9.84. The summed E-state index contributed by atoms with van der Waals surface area (Å²) in [6.07, 6.45) is 0.713. The van der Waals surface area contributed by atoms with Gasteiger partial charge in [0.1, 0.15) is 5.82 Å². The van der Waals surface area contributed by atoms with Crippen LogP contribution in [-0.4, -0.2) is 12.6 Å². The van der Waals surface area contributed by atoms with Crippen LogP contribution < -0.4 is 5.32 Å². The van der Waals surface area contributed by atoms with Gasteiger partial charge in [0.25, 0.3) is 0 Å². The summed E-state index contributed by atoms with van der Waals surface area (Å²) in [5.41, 5.74) is 2.45. The molecule has 6 heteroatoms. The number of ether oxygens (including phenoxy) is 1. The Morgan fingerprint density at radius 2 is 2.00 bits per heavy atom. The molecule has 0 aliphatic carbocycles. The minimum atomic E-state index is -0.695. The molecule has 0 amide bonds. The first kappa shape index (κ1) is 21.0. The van der Waals surface area contributed by atoms with Crippen LogP contribution in [0.4, 0.5) is 4.39 Å². The van der Waals surface area contributed by atoms with E-state index in [0.29, 0.717) is 34.6 Å². The minimum Gasteiger partial charge on any atom is -0.462 e. The monoisotopic (exact) mass is 390 g/mol. The third-order valence-corrected chi connectivity index (χ3v) is 4.75. The molecule has 27 heavy (non-hydrogen) atoms. The predicted octanol–water partition coefficient (Wildman–Crippen LogP) is 5.57. The quantitative estimate of drug-likeness (QED) is 0.539. The molecule has 0 radical (unpaired) electrons. The first-order chi connectivity index (χ1) is 12.5. The van der Waals surface area contributed by atoms with E-state index in [1.54, 1.807) is 13.8 Å². The van der Waals surface area contributed by atoms with Gasteiger partial charge >= 0.3 is 5.97 Å². The molecule has 0 saturated heterocycles. The first-order valence-corrected chi connectivity index (χ1v) is 9.11. The van der Waals surface area contributed by atoms with E-state index in [-0.39, 0.29) is 17.0 Å². The van der Waals surface area contributed by atoms with Crippen LogP contribution in [0.15, 0.2) is 40.9 Å². The second-order valence-electron chi connectivity index (χ2n) is 7.83. The zero-order valence-electron chi connectivity index (χ0n) is 16.2. The molecule has 1 unspecified atom stereocenters. The summed E-state index contributed by atoms with van der Waals surface area (Å²) in [5.74, 6) is -1.67. The van der Waals surface area contributed by atoms with Crippen LogP contribution in [0.3, 0.4) is 0 Å². The summed E-state index contributed by atoms with van der Waals surface area (Å²) in [6.45, 7) is 17.6. The molecule has 1 aromatic carbocycles. The van der Waals surface area contributed by atoms with Crippen molar-refractivity contribution in [2.24, 2.45) is 5.41 Å². The molecule has 1 N–H and O–H groups in total. The Bertz CT molecular complexity index is 860. The largest absolute Gasteiger partial charge is 0.462 e. The molecule has 4 nitrogen and oxygen atoms in total. The van der Waals surface area contributed by atoms with E-state index in [1.165, 1.54) is 18.2 Å². The molecule has 0 fully saturated rings. The number of carbonyl (C=O) groups is 1. The lowest BCUT2D eigenvalue weighted by Crippen LogP contribution is -2.29. The maximum absolute atomic E-state index is 13.5. The molecule has 1 aliphatic heterocycles. The van der Waals surface area contributed by atoms with Crippen LogP contribution in [0.5, 0.6) is 0 Å². The van der Waals surface area contributed by atoms with Crippen LogP contribution >= 0.6 is 11.6 Å². The first-order valence-electron chi connectivity index (χ1n) is 8.73. The molecule has 1 aromatic rings. The van der Waals surface area contributed by atoms with E-state index in [1.807, 2.05) is 0 Å². The van der Waals surface area contributed by atoms with E-state index >= 15 is 0 Å². The van der Waals surface area contributed by atoms with Crippen molar-refractivity contribution in [2.75, 3.05) is 6.61 Å². The Morgan fingerprint density at radius 1 is 1.33 bits per heavy atom. The summed E-state index contributed by atoms with van der Waals surface area (Å²) in [6, 6.07) is 3.98. The molecule has 2 rings (SSSR count). The van der Waals surface area contributed by atoms with Gasteiger partial charge < -0.3 is 10.1 Å². The number of carbonyl (C=O) groups excluding carboxylic acids is 1. The molecule has 144 valence electrons. The van der Waals surface area contributed by atoms with Gasteiger partial charge in [-0.15, -0.1) is 0 Å². The Kier molecular flexibility index (Phi) is 6.33. The average molecular weight is 391 g/mol. The number of hydrogen-bond donors (Lipinski definition) is 1. The second kappa shape index (κ2) is 8.14. The number of benzene rings is 1. The van der Waals surface area contributed by atoms with Gasteiger partial charge in [0.05, 0.1) is 24.7 Å². The van der Waals surface area contributed by atoms with E-state index in [2.05, 4.69) is 30.9 Å². The van der Waals surface area contributed by atoms with Crippen molar-refractivity contribution in [3.63, 3.8) is 0 Å². The van der Waals surface area contributed by atoms with E-state index < -0.39 is 17.7 Å². The van der Waals surface area contributed by atoms with Gasteiger partial charge in [-0.1, -0.05) is 38.4 Å². The number of allylic oxidation sites excluding steroid dienone is 3. The molecule has 1 aliphatic rings. The van der Waals surface area contributed by atoms with Crippen LogP contribution in [0.25, 0.3) is 4.85 Å². The molecular formula is C21H24ClFN2O2. The maximum atomic E-state index is 13.5. The normalized spacial score (nSPS) is 17.5. The van der Waals surface area contributed by atoms with Gasteiger partial charge in [-0.2, -0.15) is 0 Å². The Morgan fingerprint density at radius 3 is 2.56 bits per heavy atom. The lowest BCUT2D eigenvalue weighted by Gasteiger charge is -2.29. The average Bonchev–Trinajstić information content (AvgIpc) is 2.53. The Balaban J connectivity index is 2.45. The van der Waals surface area contributed by atoms with Gasteiger partial charge in [-0.3, -0.25) is 0 Å². The van der Waals surface area contributed by atoms with Gasteiger partial charge in [0, 0.05) is 16.4 Å². The Hall–Kier alpha value is -2.32. The Labute approximate surface area is 164 Å². The van der Waals surface area contributed by atoms with Crippen LogP contribution in [0.2, 0.25) is 5.02 Å². The SMILES string of the molecule is [C-]#[N+]C1=C(C)NC(C)=C(C(=O)OCCC(C)(C)C)C1c1ccc(F)cc1Cl. The number of nitrogens with one attached hydrogen (secondary N) is 1. The standard InChI is InChI=1S/C21H24ClFN2O2/c1-12-17(20(26)27-10-9-21(3,4)5)18(19(24-6)13(2)25-12)15-8-7-14(23)11-16(15)22/h7-8,11,18,25H,9-10H2,1-5H3. The zero-order chi connectivity index (χ0) is 20.4. The summed E-state index contributed by atoms with van der Waals surface area (Å²) < 4.78 is 19.0. The van der Waals surface area contributed by atoms with E-state index in [0.717, 1.165) is 0 Å². The molecule has 0 aromatic heterocycles. The van der Waals surface area contributed by atoms with Gasteiger partial charge in [-0.25, -0.2) is 14.0 Å². The molecule has 0 bridgehead atoms. The molecular weight excluding hydrogens is 367 g/mol. The lowest BCUT2D eigenvalue weighted by molar-refractivity contribution is -0.140. The fourth-order valence-electron chi connectivity index (χ4n) is 2.97. The molecule has 0 saturated carbocycles.